The second-order valence-corrected chi connectivity index (χ2v) is 7.81. The molecule has 7 nitrogen and oxygen atoms in total. The standard InChI is InChI=1S/C17H10BrCl2N5O2S/c18-9-1-4-14(26)12(5-9)16-25(24-7-21-22-8-24)17(28)23-15(27-16)11-3-2-10(19)6-13(11)20/h1-8,16,26H. The van der Waals surface area contributed by atoms with E-state index < -0.39 is 6.23 Å². The predicted molar refractivity (Wildman–Crippen MR) is 113 cm³/mol. The summed E-state index contributed by atoms with van der Waals surface area (Å²) in [6, 6.07) is 9.95. The average molecular weight is 499 g/mol. The first-order valence-corrected chi connectivity index (χ1v) is 9.77. The third-order valence-corrected chi connectivity index (χ3v) is 5.23. The number of phenolic OH excluding ortho intramolecular Hbond substituents is 1. The van der Waals surface area contributed by atoms with Crippen LogP contribution in [0.1, 0.15) is 17.4 Å². The van der Waals surface area contributed by atoms with Gasteiger partial charge in [0.25, 0.3) is 0 Å². The van der Waals surface area contributed by atoms with E-state index in [1.807, 2.05) is 0 Å². The fourth-order valence-corrected chi connectivity index (χ4v) is 3.79. The highest BCUT2D eigenvalue weighted by molar-refractivity contribution is 9.10. The van der Waals surface area contributed by atoms with Crippen molar-refractivity contribution in [3.63, 3.8) is 0 Å². The van der Waals surface area contributed by atoms with Crippen molar-refractivity contribution in [3.05, 3.63) is 74.7 Å². The second kappa shape index (κ2) is 7.67. The fraction of sp³-hybridized carbons (Fsp3) is 0.0588. The minimum Gasteiger partial charge on any atom is -0.507 e. The van der Waals surface area contributed by atoms with E-state index in [0.717, 1.165) is 4.47 Å². The average Bonchev–Trinajstić information content (AvgIpc) is 3.17. The molecule has 11 heteroatoms. The van der Waals surface area contributed by atoms with Crippen molar-refractivity contribution in [1.82, 2.24) is 14.9 Å². The van der Waals surface area contributed by atoms with Crippen molar-refractivity contribution in [2.75, 3.05) is 5.01 Å². The molecule has 0 aliphatic carbocycles. The number of hydrogen-bond acceptors (Lipinski definition) is 5. The first-order valence-electron chi connectivity index (χ1n) is 7.81. The lowest BCUT2D eigenvalue weighted by atomic mass is 10.1. The highest BCUT2D eigenvalue weighted by Gasteiger charge is 2.35. The van der Waals surface area contributed by atoms with E-state index >= 15 is 0 Å². The van der Waals surface area contributed by atoms with Crippen LogP contribution in [0.15, 0.2) is 58.5 Å². The molecule has 1 aliphatic rings. The summed E-state index contributed by atoms with van der Waals surface area (Å²) in [5.41, 5.74) is 0.985. The molecule has 1 atom stereocenters. The lowest BCUT2D eigenvalue weighted by Crippen LogP contribution is -2.46. The summed E-state index contributed by atoms with van der Waals surface area (Å²) < 4.78 is 8.41. The summed E-state index contributed by atoms with van der Waals surface area (Å²) in [4.78, 5) is 4.36. The van der Waals surface area contributed by atoms with E-state index in [-0.39, 0.29) is 16.8 Å². The van der Waals surface area contributed by atoms with E-state index in [9.17, 15) is 5.11 Å². The maximum Gasteiger partial charge on any atom is 0.227 e. The van der Waals surface area contributed by atoms with Crippen molar-refractivity contribution in [3.8, 4) is 5.75 Å². The normalized spacial score (nSPS) is 16.7. The van der Waals surface area contributed by atoms with Gasteiger partial charge in [-0.3, -0.25) is 0 Å². The summed E-state index contributed by atoms with van der Waals surface area (Å²) in [5.74, 6) is 0.234. The maximum absolute atomic E-state index is 10.4. The molecular formula is C17H10BrCl2N5O2S. The third-order valence-electron chi connectivity index (χ3n) is 3.91. The molecule has 0 fully saturated rings. The number of nitrogens with zero attached hydrogens (tertiary/aromatic N) is 5. The van der Waals surface area contributed by atoms with Crippen molar-refractivity contribution in [1.29, 1.82) is 0 Å². The molecule has 2 heterocycles. The van der Waals surface area contributed by atoms with Gasteiger partial charge in [-0.1, -0.05) is 39.1 Å². The van der Waals surface area contributed by atoms with Crippen LogP contribution in [0.5, 0.6) is 5.75 Å². The number of hydrogen-bond donors (Lipinski definition) is 1. The molecule has 2 aromatic carbocycles. The number of aromatic hydroxyl groups is 1. The second-order valence-electron chi connectivity index (χ2n) is 5.68. The monoisotopic (exact) mass is 497 g/mol. The zero-order valence-corrected chi connectivity index (χ0v) is 17.7. The van der Waals surface area contributed by atoms with Crippen LogP contribution in [0.2, 0.25) is 10.0 Å². The van der Waals surface area contributed by atoms with Crippen LogP contribution in [0, 0.1) is 0 Å². The Morgan fingerprint density at radius 2 is 1.86 bits per heavy atom. The van der Waals surface area contributed by atoms with E-state index in [1.54, 1.807) is 36.4 Å². The van der Waals surface area contributed by atoms with Gasteiger partial charge in [0.15, 0.2) is 0 Å². The van der Waals surface area contributed by atoms with Gasteiger partial charge in [-0.25, -0.2) is 9.69 Å². The number of aromatic nitrogens is 3. The Morgan fingerprint density at radius 1 is 1.11 bits per heavy atom. The largest absolute Gasteiger partial charge is 0.507 e. The van der Waals surface area contributed by atoms with Gasteiger partial charge < -0.3 is 9.84 Å². The Kier molecular flexibility index (Phi) is 5.24. The first kappa shape index (κ1) is 19.1. The van der Waals surface area contributed by atoms with Crippen LogP contribution in [0.3, 0.4) is 0 Å². The fourth-order valence-electron chi connectivity index (χ4n) is 2.65. The number of ether oxygens (including phenoxy) is 1. The minimum atomic E-state index is -0.847. The van der Waals surface area contributed by atoms with Crippen LogP contribution in [-0.2, 0) is 4.74 Å². The number of aliphatic imine (C=N–C) groups is 1. The third kappa shape index (κ3) is 3.58. The molecular weight excluding hydrogens is 489 g/mol. The quantitative estimate of drug-likeness (QED) is 0.537. The van der Waals surface area contributed by atoms with Crippen LogP contribution in [0.25, 0.3) is 0 Å². The van der Waals surface area contributed by atoms with Crippen molar-refractivity contribution >= 4 is 62.4 Å². The van der Waals surface area contributed by atoms with Gasteiger partial charge in [0.05, 0.1) is 16.1 Å². The molecule has 0 bridgehead atoms. The SMILES string of the molecule is Oc1ccc(Br)cc1C1OC(c2ccc(Cl)cc2Cl)=NC(=S)N1n1cnnc1. The maximum atomic E-state index is 10.4. The van der Waals surface area contributed by atoms with Gasteiger partial charge in [0.2, 0.25) is 17.2 Å². The highest BCUT2D eigenvalue weighted by atomic mass is 79.9. The number of rotatable bonds is 3. The van der Waals surface area contributed by atoms with Crippen LogP contribution < -0.4 is 5.01 Å². The van der Waals surface area contributed by atoms with Gasteiger partial charge in [0.1, 0.15) is 18.4 Å². The van der Waals surface area contributed by atoms with Gasteiger partial charge in [-0.05, 0) is 48.6 Å². The molecule has 0 saturated heterocycles. The Bertz CT molecular complexity index is 1090. The van der Waals surface area contributed by atoms with Crippen molar-refractivity contribution in [2.45, 2.75) is 6.23 Å². The molecule has 4 rings (SSSR count). The lowest BCUT2D eigenvalue weighted by molar-refractivity contribution is 0.168. The summed E-state index contributed by atoms with van der Waals surface area (Å²) in [7, 11) is 0. The summed E-state index contributed by atoms with van der Waals surface area (Å²) >= 11 is 21.2. The van der Waals surface area contributed by atoms with Gasteiger partial charge in [-0.15, -0.1) is 10.2 Å². The Balaban J connectivity index is 1.85. The smallest absolute Gasteiger partial charge is 0.227 e. The van der Waals surface area contributed by atoms with Crippen LogP contribution >= 0.6 is 51.3 Å². The number of halogens is 3. The zero-order valence-electron chi connectivity index (χ0n) is 13.8. The van der Waals surface area contributed by atoms with E-state index in [4.69, 9.17) is 40.2 Å². The molecule has 0 radical (unpaired) electrons. The lowest BCUT2D eigenvalue weighted by Gasteiger charge is -2.36. The molecule has 3 aromatic rings. The van der Waals surface area contributed by atoms with E-state index in [1.165, 1.54) is 22.3 Å². The molecule has 1 aromatic heterocycles. The minimum absolute atomic E-state index is 0.0255. The molecule has 142 valence electrons. The molecule has 0 saturated carbocycles. The van der Waals surface area contributed by atoms with Crippen molar-refractivity contribution in [2.24, 2.45) is 4.99 Å². The van der Waals surface area contributed by atoms with Crippen LogP contribution in [0.4, 0.5) is 0 Å². The number of thiocarbonyl (C=S) groups is 1. The number of phenols is 1. The summed E-state index contributed by atoms with van der Waals surface area (Å²) in [5, 5.41) is 20.6. The molecule has 1 aliphatic heterocycles. The zero-order chi connectivity index (χ0) is 19.8. The van der Waals surface area contributed by atoms with Crippen LogP contribution in [-0.4, -0.2) is 31.0 Å². The van der Waals surface area contributed by atoms with Gasteiger partial charge in [-0.2, -0.15) is 4.99 Å². The topological polar surface area (TPSA) is 75.8 Å². The Morgan fingerprint density at radius 3 is 2.57 bits per heavy atom. The molecule has 0 spiro atoms. The Labute approximate surface area is 183 Å². The Hall–Kier alpha value is -2.20. The molecule has 1 N–H and O–H groups in total. The first-order chi connectivity index (χ1) is 13.4. The molecule has 0 amide bonds. The highest BCUT2D eigenvalue weighted by Crippen LogP contribution is 2.35. The van der Waals surface area contributed by atoms with E-state index in [0.29, 0.717) is 21.2 Å². The number of benzene rings is 2. The molecule has 28 heavy (non-hydrogen) atoms. The summed E-state index contributed by atoms with van der Waals surface area (Å²) in [6.45, 7) is 0. The summed E-state index contributed by atoms with van der Waals surface area (Å²) in [6.07, 6.45) is 2.06. The molecule has 1 unspecified atom stereocenters. The van der Waals surface area contributed by atoms with Gasteiger partial charge in [0, 0.05) is 9.50 Å². The predicted octanol–water partition coefficient (Wildman–Crippen LogP) is 4.45. The van der Waals surface area contributed by atoms with E-state index in [2.05, 4.69) is 31.1 Å². The van der Waals surface area contributed by atoms with Gasteiger partial charge >= 0.3 is 0 Å². The van der Waals surface area contributed by atoms with Crippen molar-refractivity contribution < 1.29 is 9.84 Å².